The van der Waals surface area contributed by atoms with Crippen molar-refractivity contribution in [2.45, 2.75) is 38.5 Å². The molecule has 0 spiro atoms. The van der Waals surface area contributed by atoms with E-state index >= 15 is 0 Å². The number of carboxylic acids is 1. The van der Waals surface area contributed by atoms with Gasteiger partial charge in [-0.1, -0.05) is 30.3 Å². The summed E-state index contributed by atoms with van der Waals surface area (Å²) in [5.74, 6) is 0.916. The fraction of sp³-hybridized carbons (Fsp3) is 0.360. The van der Waals surface area contributed by atoms with E-state index in [0.29, 0.717) is 24.6 Å². The summed E-state index contributed by atoms with van der Waals surface area (Å²) in [4.78, 5) is 27.7. The van der Waals surface area contributed by atoms with Gasteiger partial charge in [0.1, 0.15) is 5.75 Å². The Hall–Kier alpha value is -3.32. The summed E-state index contributed by atoms with van der Waals surface area (Å²) in [7, 11) is 0. The minimum Gasteiger partial charge on any atom is -0.481 e. The van der Waals surface area contributed by atoms with Crippen molar-refractivity contribution >= 4 is 18.0 Å². The predicted molar refractivity (Wildman–Crippen MR) is 122 cm³/mol. The van der Waals surface area contributed by atoms with Crippen LogP contribution in [-0.2, 0) is 16.0 Å². The standard InChI is InChI=1S/C17H23NO4.C8H7NO/c18-11-13-1-6-14(7-2-13)17(21)22-15-8-3-12(4-9-15)5-10-16(19)20;1-2-4-8-7(3-1)5-6-9-10-8/h3-4,8-9,13-14H,1-2,5-7,10-11,18H2,(H,19,20);1-6,9H/t13-,14-;. The number of nitrogens with two attached hydrogens (primary N) is 1. The summed E-state index contributed by atoms with van der Waals surface area (Å²) in [5.41, 5.74) is 10.3. The van der Waals surface area contributed by atoms with E-state index in [0.717, 1.165) is 42.6 Å². The van der Waals surface area contributed by atoms with E-state index < -0.39 is 5.97 Å². The molecule has 1 aliphatic heterocycles. The third-order valence-corrected chi connectivity index (χ3v) is 5.70. The van der Waals surface area contributed by atoms with E-state index in [9.17, 15) is 9.59 Å². The molecule has 1 saturated carbocycles. The zero-order chi connectivity index (χ0) is 22.8. The third kappa shape index (κ3) is 7.13. The van der Waals surface area contributed by atoms with Gasteiger partial charge in [-0.25, -0.2) is 5.48 Å². The second-order valence-electron chi connectivity index (χ2n) is 8.00. The molecule has 4 rings (SSSR count). The fourth-order valence-electron chi connectivity index (χ4n) is 3.74. The number of fused-ring (bicyclic) bond motifs is 1. The SMILES string of the molecule is C1=Cc2ccccc2ON1.NC[C@H]1CC[C@H](C(=O)Oc2ccc(CCC(=O)O)cc2)CC1. The molecular formula is C25H30N2O5. The van der Waals surface area contributed by atoms with Crippen LogP contribution in [0.3, 0.4) is 0 Å². The van der Waals surface area contributed by atoms with Crippen LogP contribution in [0.15, 0.2) is 54.7 Å². The van der Waals surface area contributed by atoms with E-state index in [4.69, 9.17) is 20.4 Å². The van der Waals surface area contributed by atoms with Gasteiger partial charge in [0.25, 0.3) is 0 Å². The monoisotopic (exact) mass is 438 g/mol. The van der Waals surface area contributed by atoms with Crippen molar-refractivity contribution in [3.8, 4) is 11.5 Å². The zero-order valence-electron chi connectivity index (χ0n) is 18.0. The number of aryl methyl sites for hydroxylation is 1. The highest BCUT2D eigenvalue weighted by Gasteiger charge is 2.27. The summed E-state index contributed by atoms with van der Waals surface area (Å²) >= 11 is 0. The summed E-state index contributed by atoms with van der Waals surface area (Å²) in [6.45, 7) is 0.694. The number of hydroxylamine groups is 1. The summed E-state index contributed by atoms with van der Waals surface area (Å²) in [6.07, 6.45) is 7.99. The number of nitrogens with one attached hydrogen (secondary N) is 1. The number of aliphatic carboxylic acids is 1. The fourth-order valence-corrected chi connectivity index (χ4v) is 3.74. The molecule has 0 unspecified atom stereocenters. The zero-order valence-corrected chi connectivity index (χ0v) is 18.0. The Kier molecular flexibility index (Phi) is 8.69. The second kappa shape index (κ2) is 11.9. The molecule has 0 atom stereocenters. The first-order valence-corrected chi connectivity index (χ1v) is 11.0. The van der Waals surface area contributed by atoms with Gasteiger partial charge >= 0.3 is 11.9 Å². The quantitative estimate of drug-likeness (QED) is 0.463. The van der Waals surface area contributed by atoms with Crippen LogP contribution in [0.5, 0.6) is 11.5 Å². The van der Waals surface area contributed by atoms with E-state index in [1.165, 1.54) is 0 Å². The van der Waals surface area contributed by atoms with Crippen molar-refractivity contribution < 1.29 is 24.3 Å². The van der Waals surface area contributed by atoms with Gasteiger partial charge in [-0.2, -0.15) is 0 Å². The summed E-state index contributed by atoms with van der Waals surface area (Å²) in [6, 6.07) is 14.9. The van der Waals surface area contributed by atoms with Crippen LogP contribution in [0.25, 0.3) is 6.08 Å². The van der Waals surface area contributed by atoms with Crippen LogP contribution >= 0.6 is 0 Å². The largest absolute Gasteiger partial charge is 0.481 e. The van der Waals surface area contributed by atoms with Crippen LogP contribution in [0.2, 0.25) is 0 Å². The first-order valence-electron chi connectivity index (χ1n) is 11.0. The van der Waals surface area contributed by atoms with Crippen LogP contribution in [0.1, 0.15) is 43.2 Å². The van der Waals surface area contributed by atoms with Crippen LogP contribution in [0.4, 0.5) is 0 Å². The Morgan fingerprint density at radius 2 is 1.78 bits per heavy atom. The van der Waals surface area contributed by atoms with Gasteiger partial charge < -0.3 is 20.4 Å². The molecule has 1 heterocycles. The number of esters is 1. The Morgan fingerprint density at radius 3 is 2.44 bits per heavy atom. The average molecular weight is 439 g/mol. The van der Waals surface area contributed by atoms with Crippen LogP contribution in [0, 0.1) is 11.8 Å². The van der Waals surface area contributed by atoms with Gasteiger partial charge in [-0.05, 0) is 74.4 Å². The smallest absolute Gasteiger partial charge is 0.314 e. The molecule has 1 fully saturated rings. The van der Waals surface area contributed by atoms with Crippen molar-refractivity contribution in [2.24, 2.45) is 17.6 Å². The Morgan fingerprint density at radius 1 is 1.06 bits per heavy atom. The first-order chi connectivity index (χ1) is 15.5. The average Bonchev–Trinajstić information content (AvgIpc) is 2.84. The van der Waals surface area contributed by atoms with Crippen molar-refractivity contribution in [3.05, 3.63) is 65.9 Å². The molecule has 2 aromatic carbocycles. The summed E-state index contributed by atoms with van der Waals surface area (Å²) in [5, 5.41) is 8.65. The maximum absolute atomic E-state index is 12.1. The molecule has 7 nitrogen and oxygen atoms in total. The van der Waals surface area contributed by atoms with E-state index in [-0.39, 0.29) is 18.3 Å². The highest BCUT2D eigenvalue weighted by Crippen LogP contribution is 2.29. The maximum Gasteiger partial charge on any atom is 0.314 e. The number of benzene rings is 2. The topological polar surface area (TPSA) is 111 Å². The number of ether oxygens (including phenoxy) is 1. The molecule has 1 aliphatic carbocycles. The molecule has 170 valence electrons. The highest BCUT2D eigenvalue weighted by atomic mass is 16.6. The highest BCUT2D eigenvalue weighted by molar-refractivity contribution is 5.75. The minimum atomic E-state index is -0.816. The lowest BCUT2D eigenvalue weighted by molar-refractivity contribution is -0.140. The molecule has 2 aliphatic rings. The van der Waals surface area contributed by atoms with Crippen LogP contribution in [-0.4, -0.2) is 23.6 Å². The molecule has 0 bridgehead atoms. The number of carbonyl (C=O) groups is 2. The number of hydrogen-bond donors (Lipinski definition) is 3. The number of carbonyl (C=O) groups excluding carboxylic acids is 1. The van der Waals surface area contributed by atoms with Gasteiger partial charge in [0.05, 0.1) is 5.92 Å². The predicted octanol–water partition coefficient (Wildman–Crippen LogP) is 3.93. The van der Waals surface area contributed by atoms with Crippen molar-refractivity contribution in [2.75, 3.05) is 6.54 Å². The molecule has 0 radical (unpaired) electrons. The lowest BCUT2D eigenvalue weighted by Gasteiger charge is -2.26. The molecule has 4 N–H and O–H groups in total. The number of para-hydroxylation sites is 1. The molecule has 32 heavy (non-hydrogen) atoms. The third-order valence-electron chi connectivity index (χ3n) is 5.70. The minimum absolute atomic E-state index is 0.0329. The normalized spacial score (nSPS) is 18.8. The van der Waals surface area contributed by atoms with E-state index in [1.807, 2.05) is 30.3 Å². The molecule has 0 amide bonds. The Labute approximate surface area is 188 Å². The second-order valence-corrected chi connectivity index (χ2v) is 8.00. The Balaban J connectivity index is 0.000000238. The van der Waals surface area contributed by atoms with Crippen molar-refractivity contribution in [1.82, 2.24) is 5.48 Å². The van der Waals surface area contributed by atoms with Gasteiger partial charge in [-0.15, -0.1) is 0 Å². The van der Waals surface area contributed by atoms with Gasteiger partial charge in [0.2, 0.25) is 0 Å². The summed E-state index contributed by atoms with van der Waals surface area (Å²) < 4.78 is 5.42. The van der Waals surface area contributed by atoms with Gasteiger partial charge in [-0.3, -0.25) is 9.59 Å². The number of hydrogen-bond acceptors (Lipinski definition) is 6. The van der Waals surface area contributed by atoms with Crippen molar-refractivity contribution in [3.63, 3.8) is 0 Å². The lowest BCUT2D eigenvalue weighted by atomic mass is 9.82. The number of rotatable bonds is 6. The molecule has 0 saturated heterocycles. The van der Waals surface area contributed by atoms with Crippen LogP contribution < -0.4 is 20.8 Å². The lowest BCUT2D eigenvalue weighted by Crippen LogP contribution is -2.28. The first kappa shape index (κ1) is 23.3. The van der Waals surface area contributed by atoms with Gasteiger partial charge in [0.15, 0.2) is 5.75 Å². The maximum atomic E-state index is 12.1. The Bertz CT molecular complexity index is 918. The number of carboxylic acid groups (broad SMARTS) is 1. The van der Waals surface area contributed by atoms with E-state index in [1.54, 1.807) is 30.5 Å². The molecule has 7 heteroatoms. The van der Waals surface area contributed by atoms with Gasteiger partial charge in [0, 0.05) is 18.2 Å². The molecule has 0 aromatic heterocycles. The van der Waals surface area contributed by atoms with E-state index in [2.05, 4.69) is 5.48 Å². The molecule has 2 aromatic rings. The van der Waals surface area contributed by atoms with Crippen molar-refractivity contribution in [1.29, 1.82) is 0 Å². The molecular weight excluding hydrogens is 408 g/mol.